The lowest BCUT2D eigenvalue weighted by Gasteiger charge is -2.40. The van der Waals surface area contributed by atoms with Crippen LogP contribution in [0, 0.1) is 0 Å². The van der Waals surface area contributed by atoms with Crippen LogP contribution in [0.4, 0.5) is 26.3 Å². The quantitative estimate of drug-likeness (QED) is 0.115. The molecule has 2 amide bonds. The number of carbonyl (C=O) groups excluding carboxylic acids is 2. The molecule has 1 heterocycles. The van der Waals surface area contributed by atoms with Crippen molar-refractivity contribution in [3.8, 4) is 0 Å². The van der Waals surface area contributed by atoms with E-state index >= 15 is 0 Å². The van der Waals surface area contributed by atoms with Crippen molar-refractivity contribution in [2.75, 3.05) is 39.8 Å². The molecule has 1 atom stereocenters. The third-order valence-corrected chi connectivity index (χ3v) is 8.60. The minimum atomic E-state index is -4.96. The normalized spacial score (nSPS) is 15.0. The van der Waals surface area contributed by atoms with Crippen molar-refractivity contribution in [2.24, 2.45) is 4.99 Å². The van der Waals surface area contributed by atoms with Crippen LogP contribution in [-0.2, 0) is 30.1 Å². The molecule has 51 heavy (non-hydrogen) atoms. The molecule has 1 aliphatic heterocycles. The summed E-state index contributed by atoms with van der Waals surface area (Å²) in [5, 5.41) is 2.95. The third-order valence-electron chi connectivity index (χ3n) is 8.60. The van der Waals surface area contributed by atoms with E-state index in [2.05, 4.69) is 5.32 Å². The molecule has 0 aliphatic carbocycles. The molecule has 1 unspecified atom stereocenters. The van der Waals surface area contributed by atoms with Gasteiger partial charge in [0, 0.05) is 45.3 Å². The second kappa shape index (κ2) is 16.2. The summed E-state index contributed by atoms with van der Waals surface area (Å²) in [6.07, 6.45) is -10.1. The van der Waals surface area contributed by atoms with Crippen LogP contribution in [0.5, 0.6) is 0 Å². The van der Waals surface area contributed by atoms with Crippen molar-refractivity contribution in [3.05, 3.63) is 143 Å². The zero-order valence-corrected chi connectivity index (χ0v) is 27.8. The fourth-order valence-corrected chi connectivity index (χ4v) is 5.85. The molecule has 1 aliphatic rings. The number of aliphatic imine (C=N–C) groups is 1. The monoisotopic (exact) mass is 709 g/mol. The van der Waals surface area contributed by atoms with Crippen molar-refractivity contribution < 1.29 is 35.9 Å². The number of amides is 2. The maximum absolute atomic E-state index is 14.0. The summed E-state index contributed by atoms with van der Waals surface area (Å²) in [7, 11) is 1.49. The van der Waals surface area contributed by atoms with E-state index in [9.17, 15) is 35.9 Å². The van der Waals surface area contributed by atoms with Crippen LogP contribution in [0.2, 0.25) is 0 Å². The second-order valence-corrected chi connectivity index (χ2v) is 12.2. The first-order valence-electron chi connectivity index (χ1n) is 16.3. The van der Waals surface area contributed by atoms with Crippen molar-refractivity contribution in [2.45, 2.75) is 31.4 Å². The molecule has 7 nitrogen and oxygen atoms in total. The molecule has 0 saturated carbocycles. The molecule has 0 aromatic heterocycles. The fraction of sp³-hybridized carbons (Fsp3) is 0.289. The number of guanidine groups is 1. The molecule has 268 valence electrons. The SMILES string of the molecule is CN(CCc1cc(C(F)(F)F)cc(C(F)(F)F)c1)C(=O)C(c1ccccc1)N1CCN(C(=NCc2ccccc2)NC(=O)c2ccccc2)CC1. The predicted molar refractivity (Wildman–Crippen MR) is 182 cm³/mol. The van der Waals surface area contributed by atoms with Crippen molar-refractivity contribution in [3.63, 3.8) is 0 Å². The van der Waals surface area contributed by atoms with Gasteiger partial charge in [0.25, 0.3) is 5.91 Å². The summed E-state index contributed by atoms with van der Waals surface area (Å²) < 4.78 is 80.6. The van der Waals surface area contributed by atoms with E-state index < -0.39 is 29.5 Å². The van der Waals surface area contributed by atoms with Gasteiger partial charge in [0.2, 0.25) is 11.9 Å². The minimum Gasteiger partial charge on any atom is -0.344 e. The van der Waals surface area contributed by atoms with E-state index in [1.54, 1.807) is 48.5 Å². The highest BCUT2D eigenvalue weighted by molar-refractivity contribution is 6.05. The van der Waals surface area contributed by atoms with Crippen LogP contribution in [0.15, 0.2) is 114 Å². The molecule has 1 N–H and O–H groups in total. The molecule has 4 aromatic carbocycles. The van der Waals surface area contributed by atoms with Gasteiger partial charge in [-0.2, -0.15) is 26.3 Å². The standard InChI is InChI=1S/C38H37F6N5O2/c1-47(18-17-28-23-31(37(39,40)41)25-32(24-28)38(42,43)44)35(51)33(29-13-7-3-8-14-29)48-19-21-49(22-20-48)36(45-26-27-11-5-2-6-12-27)46-34(50)30-15-9-4-10-16-30/h2-16,23-25,33H,17-22,26H2,1H3,(H,45,46,50). The Kier molecular flexibility index (Phi) is 11.8. The Morgan fingerprint density at radius 3 is 1.82 bits per heavy atom. The first kappa shape index (κ1) is 37.1. The highest BCUT2D eigenvalue weighted by atomic mass is 19.4. The molecule has 13 heteroatoms. The van der Waals surface area contributed by atoms with Crippen molar-refractivity contribution in [1.29, 1.82) is 0 Å². The van der Waals surface area contributed by atoms with E-state index in [4.69, 9.17) is 4.99 Å². The lowest BCUT2D eigenvalue weighted by molar-refractivity contribution is -0.143. The first-order chi connectivity index (χ1) is 24.3. The van der Waals surface area contributed by atoms with E-state index in [0.717, 1.165) is 5.56 Å². The first-order valence-corrected chi connectivity index (χ1v) is 16.3. The van der Waals surface area contributed by atoms with Crippen LogP contribution in [0.25, 0.3) is 0 Å². The molecule has 4 aromatic rings. The Balaban J connectivity index is 1.32. The van der Waals surface area contributed by atoms with Crippen molar-refractivity contribution in [1.82, 2.24) is 20.0 Å². The maximum atomic E-state index is 14.0. The smallest absolute Gasteiger partial charge is 0.344 e. The average molecular weight is 710 g/mol. The van der Waals surface area contributed by atoms with Gasteiger partial charge in [-0.1, -0.05) is 78.9 Å². The van der Waals surface area contributed by atoms with Gasteiger partial charge < -0.3 is 9.80 Å². The molecule has 0 spiro atoms. The highest BCUT2D eigenvalue weighted by Gasteiger charge is 2.37. The number of carbonyl (C=O) groups is 2. The summed E-state index contributed by atoms with van der Waals surface area (Å²) in [5.41, 5.74) is -0.847. The molecule has 5 rings (SSSR count). The van der Waals surface area contributed by atoms with E-state index in [1.165, 1.54) is 11.9 Å². The van der Waals surface area contributed by atoms with Gasteiger partial charge >= 0.3 is 12.4 Å². The van der Waals surface area contributed by atoms with E-state index in [1.807, 2.05) is 52.3 Å². The second-order valence-electron chi connectivity index (χ2n) is 12.2. The number of hydrogen-bond acceptors (Lipinski definition) is 4. The molecule has 1 saturated heterocycles. The number of halogens is 6. The lowest BCUT2D eigenvalue weighted by atomic mass is 10.0. The zero-order chi connectivity index (χ0) is 36.6. The maximum Gasteiger partial charge on any atom is 0.416 e. The number of hydrogen-bond donors (Lipinski definition) is 1. The van der Waals surface area contributed by atoms with Gasteiger partial charge in [-0.15, -0.1) is 0 Å². The Labute approximate surface area is 292 Å². The van der Waals surface area contributed by atoms with Gasteiger partial charge in [-0.05, 0) is 53.4 Å². The predicted octanol–water partition coefficient (Wildman–Crippen LogP) is 7.07. The van der Waals surface area contributed by atoms with Crippen LogP contribution in [-0.4, -0.2) is 72.2 Å². The Morgan fingerprint density at radius 2 is 1.27 bits per heavy atom. The summed E-state index contributed by atoms with van der Waals surface area (Å²) in [6, 6.07) is 28.1. The topological polar surface area (TPSA) is 68.2 Å². The van der Waals surface area contributed by atoms with Gasteiger partial charge in [-0.3, -0.25) is 19.8 Å². The van der Waals surface area contributed by atoms with Gasteiger partial charge in [0.15, 0.2) is 0 Å². The van der Waals surface area contributed by atoms with Gasteiger partial charge in [0.1, 0.15) is 6.04 Å². The number of alkyl halides is 6. The molecular weight excluding hydrogens is 672 g/mol. The van der Waals surface area contributed by atoms with Gasteiger partial charge in [0.05, 0.1) is 17.7 Å². The number of benzene rings is 4. The molecule has 0 bridgehead atoms. The average Bonchev–Trinajstić information content (AvgIpc) is 3.13. The number of piperazine rings is 1. The minimum absolute atomic E-state index is 0.0916. The summed E-state index contributed by atoms with van der Waals surface area (Å²) in [6.45, 7) is 1.84. The lowest BCUT2D eigenvalue weighted by Crippen LogP contribution is -2.55. The van der Waals surface area contributed by atoms with E-state index in [-0.39, 0.29) is 36.4 Å². The molecule has 1 fully saturated rings. The highest BCUT2D eigenvalue weighted by Crippen LogP contribution is 2.36. The fourth-order valence-electron chi connectivity index (χ4n) is 5.85. The van der Waals surface area contributed by atoms with Crippen LogP contribution < -0.4 is 5.32 Å². The summed E-state index contributed by atoms with van der Waals surface area (Å²) in [4.78, 5) is 37.2. The van der Waals surface area contributed by atoms with Gasteiger partial charge in [-0.25, -0.2) is 4.99 Å². The van der Waals surface area contributed by atoms with Crippen LogP contribution in [0.1, 0.15) is 44.2 Å². The Hall–Kier alpha value is -5.17. The summed E-state index contributed by atoms with van der Waals surface area (Å²) in [5.74, 6) is -0.272. The zero-order valence-electron chi connectivity index (χ0n) is 27.8. The number of nitrogens with one attached hydrogen (secondary N) is 1. The molecule has 0 radical (unpaired) electrons. The van der Waals surface area contributed by atoms with Crippen molar-refractivity contribution >= 4 is 17.8 Å². The molecular formula is C38H37F6N5O2. The Bertz CT molecular complexity index is 1760. The Morgan fingerprint density at radius 1 is 0.745 bits per heavy atom. The summed E-state index contributed by atoms with van der Waals surface area (Å²) >= 11 is 0. The largest absolute Gasteiger partial charge is 0.416 e. The number of rotatable bonds is 9. The van der Waals surface area contributed by atoms with Crippen LogP contribution in [0.3, 0.4) is 0 Å². The van der Waals surface area contributed by atoms with Crippen LogP contribution >= 0.6 is 0 Å². The third kappa shape index (κ3) is 9.97. The number of nitrogens with zero attached hydrogens (tertiary/aromatic N) is 4. The van der Waals surface area contributed by atoms with E-state index in [0.29, 0.717) is 61.9 Å². The number of likely N-dealkylation sites (N-methyl/N-ethyl adjacent to an activating group) is 1.